The van der Waals surface area contributed by atoms with Gasteiger partial charge in [0.15, 0.2) is 0 Å². The van der Waals surface area contributed by atoms with Crippen LogP contribution in [0.3, 0.4) is 0 Å². The Balaban J connectivity index is 1.57. The van der Waals surface area contributed by atoms with Gasteiger partial charge in [-0.3, -0.25) is 4.79 Å². The summed E-state index contributed by atoms with van der Waals surface area (Å²) in [4.78, 5) is 23.3. The van der Waals surface area contributed by atoms with E-state index < -0.39 is 6.03 Å². The molecule has 130 valence electrons. The summed E-state index contributed by atoms with van der Waals surface area (Å²) >= 11 is 0. The van der Waals surface area contributed by atoms with Gasteiger partial charge in [0.05, 0.1) is 7.11 Å². The lowest BCUT2D eigenvalue weighted by molar-refractivity contribution is -0.122. The zero-order chi connectivity index (χ0) is 17.8. The Kier molecular flexibility index (Phi) is 4.88. The molecular weight excluding hydrogens is 318 g/mol. The summed E-state index contributed by atoms with van der Waals surface area (Å²) in [7, 11) is 1.64. The fraction of sp³-hybridized carbons (Fsp3) is 0.263. The molecule has 6 nitrogen and oxygen atoms in total. The molecule has 6 heteroatoms. The Morgan fingerprint density at radius 3 is 2.76 bits per heavy atom. The lowest BCUT2D eigenvalue weighted by Crippen LogP contribution is -2.25. The molecule has 0 radical (unpaired) electrons. The molecule has 3 rings (SSSR count). The van der Waals surface area contributed by atoms with Crippen molar-refractivity contribution in [2.45, 2.75) is 18.9 Å². The van der Waals surface area contributed by atoms with E-state index in [1.165, 1.54) is 0 Å². The molecule has 0 heterocycles. The molecule has 3 amide bonds. The van der Waals surface area contributed by atoms with Gasteiger partial charge in [-0.15, -0.1) is 0 Å². The molecule has 1 aliphatic rings. The summed E-state index contributed by atoms with van der Waals surface area (Å²) in [6.07, 6.45) is 0.829. The van der Waals surface area contributed by atoms with Crippen LogP contribution in [0.2, 0.25) is 0 Å². The molecule has 4 N–H and O–H groups in total. The van der Waals surface area contributed by atoms with Gasteiger partial charge < -0.3 is 21.1 Å². The van der Waals surface area contributed by atoms with E-state index in [9.17, 15) is 9.59 Å². The molecule has 25 heavy (non-hydrogen) atoms. The van der Waals surface area contributed by atoms with Crippen molar-refractivity contribution in [1.29, 1.82) is 0 Å². The third-order valence-corrected chi connectivity index (χ3v) is 4.33. The van der Waals surface area contributed by atoms with Crippen molar-refractivity contribution in [3.8, 4) is 5.75 Å². The predicted molar refractivity (Wildman–Crippen MR) is 95.3 cm³/mol. The highest BCUT2D eigenvalue weighted by Gasteiger charge is 2.45. The molecule has 0 spiro atoms. The molecule has 2 aromatic rings. The van der Waals surface area contributed by atoms with E-state index in [2.05, 4.69) is 10.6 Å². The number of urea groups is 1. The number of carbonyl (C=O) groups is 2. The van der Waals surface area contributed by atoms with Crippen molar-refractivity contribution in [3.63, 3.8) is 0 Å². The molecule has 0 aliphatic heterocycles. The van der Waals surface area contributed by atoms with E-state index in [0.29, 0.717) is 12.2 Å². The number of methoxy groups -OCH3 is 1. The molecule has 0 aromatic heterocycles. The van der Waals surface area contributed by atoms with Crippen LogP contribution in [0.25, 0.3) is 0 Å². The summed E-state index contributed by atoms with van der Waals surface area (Å²) in [5.41, 5.74) is 7.70. The highest BCUT2D eigenvalue weighted by Crippen LogP contribution is 2.50. The summed E-state index contributed by atoms with van der Waals surface area (Å²) in [6, 6.07) is 14.4. The first-order valence-electron chi connectivity index (χ1n) is 8.14. The van der Waals surface area contributed by atoms with E-state index in [1.54, 1.807) is 19.2 Å². The largest absolute Gasteiger partial charge is 0.496 e. The minimum Gasteiger partial charge on any atom is -0.496 e. The molecule has 0 saturated heterocycles. The first-order valence-corrected chi connectivity index (χ1v) is 8.14. The number of primary amides is 1. The van der Waals surface area contributed by atoms with Gasteiger partial charge in [-0.05, 0) is 41.7 Å². The fourth-order valence-electron chi connectivity index (χ4n) is 3.02. The number of para-hydroxylation sites is 1. The molecule has 2 aromatic carbocycles. The Morgan fingerprint density at radius 2 is 2.00 bits per heavy atom. The number of amides is 3. The van der Waals surface area contributed by atoms with Crippen LogP contribution in [-0.2, 0) is 11.3 Å². The lowest BCUT2D eigenvalue weighted by atomic mass is 10.1. The average molecular weight is 339 g/mol. The minimum absolute atomic E-state index is 0.0248. The van der Waals surface area contributed by atoms with Crippen LogP contribution in [-0.4, -0.2) is 19.0 Å². The highest BCUT2D eigenvalue weighted by atomic mass is 16.5. The third-order valence-electron chi connectivity index (χ3n) is 4.33. The second-order valence-electron chi connectivity index (χ2n) is 6.10. The zero-order valence-corrected chi connectivity index (χ0v) is 14.0. The van der Waals surface area contributed by atoms with Crippen molar-refractivity contribution >= 4 is 17.6 Å². The summed E-state index contributed by atoms with van der Waals surface area (Å²) in [5, 5.41) is 5.48. The molecule has 0 bridgehead atoms. The normalized spacial score (nSPS) is 18.3. The van der Waals surface area contributed by atoms with Crippen molar-refractivity contribution in [2.75, 3.05) is 12.4 Å². The molecule has 1 aliphatic carbocycles. The Hall–Kier alpha value is -3.02. The van der Waals surface area contributed by atoms with Gasteiger partial charge >= 0.3 is 6.03 Å². The van der Waals surface area contributed by atoms with Crippen molar-refractivity contribution < 1.29 is 14.3 Å². The van der Waals surface area contributed by atoms with Gasteiger partial charge in [-0.2, -0.15) is 0 Å². The highest BCUT2D eigenvalue weighted by molar-refractivity contribution is 5.88. The predicted octanol–water partition coefficient (Wildman–Crippen LogP) is 2.61. The van der Waals surface area contributed by atoms with E-state index >= 15 is 0 Å². The summed E-state index contributed by atoms with van der Waals surface area (Å²) < 4.78 is 5.37. The number of rotatable bonds is 6. The van der Waals surface area contributed by atoms with Crippen LogP contribution in [0.5, 0.6) is 5.75 Å². The van der Waals surface area contributed by atoms with Gasteiger partial charge in [-0.1, -0.05) is 30.3 Å². The smallest absolute Gasteiger partial charge is 0.316 e. The maximum absolute atomic E-state index is 12.4. The zero-order valence-electron chi connectivity index (χ0n) is 14.0. The molecule has 2 atom stereocenters. The van der Waals surface area contributed by atoms with Crippen LogP contribution < -0.4 is 21.1 Å². The number of hydrogen-bond acceptors (Lipinski definition) is 3. The van der Waals surface area contributed by atoms with Gasteiger partial charge in [0.1, 0.15) is 5.75 Å². The molecule has 0 unspecified atom stereocenters. The van der Waals surface area contributed by atoms with Gasteiger partial charge in [0.25, 0.3) is 0 Å². The van der Waals surface area contributed by atoms with Crippen LogP contribution >= 0.6 is 0 Å². The number of nitrogens with one attached hydrogen (secondary N) is 2. The van der Waals surface area contributed by atoms with Gasteiger partial charge in [-0.25, -0.2) is 4.79 Å². The molecule has 1 fully saturated rings. The van der Waals surface area contributed by atoms with Crippen LogP contribution in [0.4, 0.5) is 10.5 Å². The molecular formula is C19H21N3O3. The van der Waals surface area contributed by atoms with Crippen LogP contribution in [0.15, 0.2) is 48.5 Å². The number of benzene rings is 2. The number of ether oxygens (including phenoxy) is 1. The van der Waals surface area contributed by atoms with Crippen molar-refractivity contribution in [2.24, 2.45) is 11.7 Å². The first-order chi connectivity index (χ1) is 12.1. The quantitative estimate of drug-likeness (QED) is 0.755. The number of carbonyl (C=O) groups excluding carboxylic acids is 2. The Bertz CT molecular complexity index is 791. The minimum atomic E-state index is -0.612. The van der Waals surface area contributed by atoms with Gasteiger partial charge in [0.2, 0.25) is 5.91 Å². The SMILES string of the molecule is COc1ccccc1[C@@H]1C[C@H]1C(=O)NCc1cccc(NC(N)=O)c1. The standard InChI is InChI=1S/C19H21N3O3/c1-25-17-8-3-2-7-14(17)15-10-16(15)18(23)21-11-12-5-4-6-13(9-12)22-19(20)24/h2-9,15-16H,10-11H2,1H3,(H,21,23)(H3,20,22,24)/t15-,16+/m0/s1. The fourth-order valence-corrected chi connectivity index (χ4v) is 3.02. The second kappa shape index (κ2) is 7.25. The van der Waals surface area contributed by atoms with Crippen molar-refractivity contribution in [3.05, 3.63) is 59.7 Å². The maximum atomic E-state index is 12.4. The maximum Gasteiger partial charge on any atom is 0.316 e. The first kappa shape index (κ1) is 16.8. The van der Waals surface area contributed by atoms with E-state index in [0.717, 1.165) is 23.3 Å². The number of hydrogen-bond donors (Lipinski definition) is 3. The lowest BCUT2D eigenvalue weighted by Gasteiger charge is -2.09. The topological polar surface area (TPSA) is 93.4 Å². The van der Waals surface area contributed by atoms with Crippen molar-refractivity contribution in [1.82, 2.24) is 5.32 Å². The van der Waals surface area contributed by atoms with E-state index in [4.69, 9.17) is 10.5 Å². The summed E-state index contributed by atoms with van der Waals surface area (Å²) in [6.45, 7) is 0.405. The summed E-state index contributed by atoms with van der Waals surface area (Å²) in [5.74, 6) is 1.04. The monoisotopic (exact) mass is 339 g/mol. The van der Waals surface area contributed by atoms with Crippen LogP contribution in [0, 0.1) is 5.92 Å². The number of anilines is 1. The third kappa shape index (κ3) is 4.09. The second-order valence-corrected chi connectivity index (χ2v) is 6.10. The van der Waals surface area contributed by atoms with Crippen LogP contribution in [0.1, 0.15) is 23.5 Å². The Morgan fingerprint density at radius 1 is 1.20 bits per heavy atom. The van der Waals surface area contributed by atoms with E-state index in [-0.39, 0.29) is 17.7 Å². The average Bonchev–Trinajstić information content (AvgIpc) is 3.40. The Labute approximate surface area is 146 Å². The molecule has 1 saturated carbocycles. The van der Waals surface area contributed by atoms with Gasteiger partial charge in [0, 0.05) is 18.2 Å². The number of nitrogens with two attached hydrogens (primary N) is 1. The van der Waals surface area contributed by atoms with E-state index in [1.807, 2.05) is 36.4 Å².